The zero-order chi connectivity index (χ0) is 11.1. The number of esters is 1. The number of methoxy groups -OCH3 is 3. The van der Waals surface area contributed by atoms with Crippen LogP contribution in [0.2, 0.25) is 0 Å². The number of hydrogen-bond donors (Lipinski definition) is 0. The molecule has 0 saturated heterocycles. The first-order valence-electron chi connectivity index (χ1n) is 4.75. The maximum atomic E-state index is 11.5. The van der Waals surface area contributed by atoms with E-state index in [-0.39, 0.29) is 17.8 Å². The summed E-state index contributed by atoms with van der Waals surface area (Å²) in [7, 11) is 4.42. The average Bonchev–Trinajstić information content (AvgIpc) is 2.23. The summed E-state index contributed by atoms with van der Waals surface area (Å²) >= 11 is 0. The summed E-state index contributed by atoms with van der Waals surface area (Å²) in [4.78, 5) is 11.5. The summed E-state index contributed by atoms with van der Waals surface area (Å²) in [6, 6.07) is 0. The van der Waals surface area contributed by atoms with Gasteiger partial charge in [-0.1, -0.05) is 20.3 Å². The van der Waals surface area contributed by atoms with Crippen LogP contribution in [0.4, 0.5) is 0 Å². The van der Waals surface area contributed by atoms with Gasteiger partial charge in [0, 0.05) is 14.2 Å². The predicted octanol–water partition coefficient (Wildman–Crippen LogP) is 1.44. The number of rotatable bonds is 6. The molecule has 0 N–H and O–H groups in total. The van der Waals surface area contributed by atoms with Crippen LogP contribution in [0.5, 0.6) is 0 Å². The topological polar surface area (TPSA) is 44.8 Å². The summed E-state index contributed by atoms with van der Waals surface area (Å²) in [5.74, 6) is -0.472. The Morgan fingerprint density at radius 1 is 1.21 bits per heavy atom. The Labute approximate surface area is 85.5 Å². The first-order chi connectivity index (χ1) is 6.62. The van der Waals surface area contributed by atoms with Gasteiger partial charge in [-0.2, -0.15) is 0 Å². The van der Waals surface area contributed by atoms with Gasteiger partial charge in [-0.15, -0.1) is 0 Å². The fourth-order valence-corrected chi connectivity index (χ4v) is 1.39. The van der Waals surface area contributed by atoms with Gasteiger partial charge in [0.25, 0.3) is 0 Å². The zero-order valence-corrected chi connectivity index (χ0v) is 9.57. The maximum Gasteiger partial charge on any atom is 0.314 e. The van der Waals surface area contributed by atoms with Crippen molar-refractivity contribution in [1.29, 1.82) is 0 Å². The van der Waals surface area contributed by atoms with Crippen molar-refractivity contribution in [2.75, 3.05) is 21.3 Å². The zero-order valence-electron chi connectivity index (χ0n) is 9.57. The largest absolute Gasteiger partial charge is 0.469 e. The van der Waals surface area contributed by atoms with Gasteiger partial charge < -0.3 is 14.2 Å². The molecular weight excluding hydrogens is 184 g/mol. The molecule has 4 nitrogen and oxygen atoms in total. The lowest BCUT2D eigenvalue weighted by atomic mass is 9.91. The van der Waals surface area contributed by atoms with Crippen molar-refractivity contribution >= 4 is 5.97 Å². The molecular formula is C10H20O4. The molecule has 0 aliphatic heterocycles. The van der Waals surface area contributed by atoms with E-state index in [4.69, 9.17) is 14.2 Å². The Morgan fingerprint density at radius 2 is 1.71 bits per heavy atom. The van der Waals surface area contributed by atoms with E-state index in [2.05, 4.69) is 0 Å². The number of hydrogen-bond acceptors (Lipinski definition) is 4. The van der Waals surface area contributed by atoms with Crippen LogP contribution >= 0.6 is 0 Å². The number of ether oxygens (including phenoxy) is 3. The first kappa shape index (κ1) is 13.4. The van der Waals surface area contributed by atoms with Crippen molar-refractivity contribution in [3.8, 4) is 0 Å². The minimum atomic E-state index is -0.530. The Hall–Kier alpha value is -0.610. The van der Waals surface area contributed by atoms with Gasteiger partial charge in [-0.3, -0.25) is 4.79 Å². The molecule has 0 heterocycles. The van der Waals surface area contributed by atoms with E-state index in [0.717, 1.165) is 6.42 Å². The highest BCUT2D eigenvalue weighted by Gasteiger charge is 2.33. The molecule has 0 spiro atoms. The average molecular weight is 204 g/mol. The van der Waals surface area contributed by atoms with E-state index in [1.165, 1.54) is 21.3 Å². The number of carbonyl (C=O) groups is 1. The van der Waals surface area contributed by atoms with Gasteiger partial charge in [0.05, 0.1) is 7.11 Å². The molecule has 0 radical (unpaired) electrons. The van der Waals surface area contributed by atoms with Crippen molar-refractivity contribution in [3.63, 3.8) is 0 Å². The van der Waals surface area contributed by atoms with Crippen LogP contribution in [-0.4, -0.2) is 33.6 Å². The summed E-state index contributed by atoms with van der Waals surface area (Å²) in [6.45, 7) is 4.00. The van der Waals surface area contributed by atoms with Crippen molar-refractivity contribution in [3.05, 3.63) is 0 Å². The lowest BCUT2D eigenvalue weighted by molar-refractivity contribution is -0.181. The second-order valence-electron chi connectivity index (χ2n) is 3.27. The van der Waals surface area contributed by atoms with E-state index in [0.29, 0.717) is 0 Å². The lowest BCUT2D eigenvalue weighted by Crippen LogP contribution is -2.36. The molecule has 0 aliphatic rings. The van der Waals surface area contributed by atoms with Gasteiger partial charge in [0.15, 0.2) is 6.29 Å². The summed E-state index contributed by atoms with van der Waals surface area (Å²) < 4.78 is 14.9. The second kappa shape index (κ2) is 6.79. The molecule has 14 heavy (non-hydrogen) atoms. The van der Waals surface area contributed by atoms with Crippen molar-refractivity contribution in [1.82, 2.24) is 0 Å². The monoisotopic (exact) mass is 204 g/mol. The van der Waals surface area contributed by atoms with Crippen LogP contribution in [0.3, 0.4) is 0 Å². The Kier molecular flexibility index (Phi) is 6.49. The summed E-state index contributed by atoms with van der Waals surface area (Å²) in [6.07, 6.45) is 0.348. The fourth-order valence-electron chi connectivity index (χ4n) is 1.39. The van der Waals surface area contributed by atoms with Crippen molar-refractivity contribution in [2.45, 2.75) is 26.6 Å². The highest BCUT2D eigenvalue weighted by Crippen LogP contribution is 2.22. The SMILES string of the molecule is CCC(C)C(C(=O)OC)C(OC)OC. The molecule has 0 aliphatic carbocycles. The molecule has 0 saturated carbocycles. The summed E-state index contributed by atoms with van der Waals surface area (Å²) in [5, 5.41) is 0. The molecule has 0 rings (SSSR count). The van der Waals surface area contributed by atoms with Gasteiger partial charge in [-0.05, 0) is 5.92 Å². The van der Waals surface area contributed by atoms with E-state index >= 15 is 0 Å². The molecule has 0 amide bonds. The van der Waals surface area contributed by atoms with Crippen LogP contribution < -0.4 is 0 Å². The molecule has 2 unspecified atom stereocenters. The van der Waals surface area contributed by atoms with E-state index < -0.39 is 6.29 Å². The standard InChI is InChI=1S/C10H20O4/c1-6-7(2)8(9(11)12-3)10(13-4)14-5/h7-8,10H,6H2,1-5H3. The highest BCUT2D eigenvalue weighted by molar-refractivity contribution is 5.73. The molecule has 2 atom stereocenters. The third-order valence-corrected chi connectivity index (χ3v) is 2.49. The second-order valence-corrected chi connectivity index (χ2v) is 3.27. The molecule has 0 aromatic rings. The quantitative estimate of drug-likeness (QED) is 0.485. The van der Waals surface area contributed by atoms with Gasteiger partial charge in [-0.25, -0.2) is 0 Å². The fraction of sp³-hybridized carbons (Fsp3) is 0.900. The minimum Gasteiger partial charge on any atom is -0.469 e. The normalized spacial score (nSPS) is 15.3. The molecule has 0 bridgehead atoms. The van der Waals surface area contributed by atoms with Crippen LogP contribution in [0.1, 0.15) is 20.3 Å². The molecule has 84 valence electrons. The van der Waals surface area contributed by atoms with Crippen LogP contribution in [-0.2, 0) is 19.0 Å². The smallest absolute Gasteiger partial charge is 0.314 e. The third-order valence-electron chi connectivity index (χ3n) is 2.49. The van der Waals surface area contributed by atoms with Crippen molar-refractivity contribution in [2.24, 2.45) is 11.8 Å². The minimum absolute atomic E-state index is 0.173. The first-order valence-corrected chi connectivity index (χ1v) is 4.75. The van der Waals surface area contributed by atoms with E-state index in [1.54, 1.807) is 0 Å². The molecule has 4 heteroatoms. The predicted molar refractivity (Wildman–Crippen MR) is 52.8 cm³/mol. The molecule has 0 aromatic carbocycles. The van der Waals surface area contributed by atoms with E-state index in [9.17, 15) is 4.79 Å². The van der Waals surface area contributed by atoms with Crippen molar-refractivity contribution < 1.29 is 19.0 Å². The number of carbonyl (C=O) groups excluding carboxylic acids is 1. The highest BCUT2D eigenvalue weighted by atomic mass is 16.7. The van der Waals surface area contributed by atoms with Gasteiger partial charge in [0.2, 0.25) is 0 Å². The van der Waals surface area contributed by atoms with Gasteiger partial charge >= 0.3 is 5.97 Å². The van der Waals surface area contributed by atoms with Crippen LogP contribution in [0.25, 0.3) is 0 Å². The van der Waals surface area contributed by atoms with E-state index in [1.807, 2.05) is 13.8 Å². The Balaban J connectivity index is 4.60. The maximum absolute atomic E-state index is 11.5. The summed E-state index contributed by atoms with van der Waals surface area (Å²) in [5.41, 5.74) is 0. The van der Waals surface area contributed by atoms with Crippen LogP contribution in [0.15, 0.2) is 0 Å². The molecule has 0 fully saturated rings. The van der Waals surface area contributed by atoms with Crippen LogP contribution in [0, 0.1) is 11.8 Å². The Bertz CT molecular complexity index is 166. The third kappa shape index (κ3) is 3.27. The van der Waals surface area contributed by atoms with Gasteiger partial charge in [0.1, 0.15) is 5.92 Å². The lowest BCUT2D eigenvalue weighted by Gasteiger charge is -2.26. The Morgan fingerprint density at radius 3 is 2.00 bits per heavy atom. The molecule has 0 aromatic heterocycles.